The summed E-state index contributed by atoms with van der Waals surface area (Å²) in [6, 6.07) is 0. The minimum atomic E-state index is -3.04. The fourth-order valence-electron chi connectivity index (χ4n) is 1.52. The molecule has 13 heavy (non-hydrogen) atoms. The molecular formula is C8H18N2O2S. The lowest BCUT2D eigenvalue weighted by molar-refractivity contribution is 0.453. The summed E-state index contributed by atoms with van der Waals surface area (Å²) in [5.74, 6) is 0.355. The zero-order valence-corrected chi connectivity index (χ0v) is 9.05. The molecule has 1 unspecified atom stereocenters. The van der Waals surface area contributed by atoms with Crippen LogP contribution in [0.3, 0.4) is 0 Å². The molecule has 1 saturated heterocycles. The van der Waals surface area contributed by atoms with E-state index in [4.69, 9.17) is 5.73 Å². The zero-order valence-electron chi connectivity index (χ0n) is 8.23. The van der Waals surface area contributed by atoms with Crippen LogP contribution in [-0.2, 0) is 10.0 Å². The molecule has 0 spiro atoms. The Bertz CT molecular complexity index is 261. The number of nitrogens with two attached hydrogens (primary N) is 1. The summed E-state index contributed by atoms with van der Waals surface area (Å²) in [6.07, 6.45) is 0.905. The molecule has 0 radical (unpaired) electrons. The van der Waals surface area contributed by atoms with E-state index in [0.29, 0.717) is 25.6 Å². The molecule has 0 aromatic rings. The van der Waals surface area contributed by atoms with E-state index in [1.807, 2.05) is 0 Å². The second-order valence-electron chi connectivity index (χ2n) is 3.84. The van der Waals surface area contributed by atoms with Crippen molar-refractivity contribution in [2.75, 3.05) is 19.6 Å². The van der Waals surface area contributed by atoms with Crippen molar-refractivity contribution in [1.29, 1.82) is 0 Å². The predicted molar refractivity (Wildman–Crippen MR) is 52.8 cm³/mol. The highest BCUT2D eigenvalue weighted by Crippen LogP contribution is 2.20. The van der Waals surface area contributed by atoms with Gasteiger partial charge in [0.2, 0.25) is 10.0 Å². The molecule has 1 atom stereocenters. The third kappa shape index (κ3) is 2.21. The topological polar surface area (TPSA) is 63.4 Å². The van der Waals surface area contributed by atoms with E-state index in [1.54, 1.807) is 18.2 Å². The Balaban J connectivity index is 2.66. The average Bonchev–Trinajstić information content (AvgIpc) is 2.51. The van der Waals surface area contributed by atoms with Gasteiger partial charge in [0.05, 0.1) is 5.25 Å². The Labute approximate surface area is 80.1 Å². The van der Waals surface area contributed by atoms with Crippen molar-refractivity contribution in [3.05, 3.63) is 0 Å². The first-order valence-electron chi connectivity index (χ1n) is 4.67. The van der Waals surface area contributed by atoms with E-state index in [-0.39, 0.29) is 5.25 Å². The van der Waals surface area contributed by atoms with E-state index in [2.05, 4.69) is 0 Å². The SMILES string of the molecule is CC(C)S(=O)(=O)N1CCC(CN)C1. The molecule has 78 valence electrons. The van der Waals surface area contributed by atoms with Crippen LogP contribution in [0.1, 0.15) is 20.3 Å². The minimum absolute atomic E-state index is 0.316. The van der Waals surface area contributed by atoms with Crippen LogP contribution >= 0.6 is 0 Å². The molecule has 1 fully saturated rings. The van der Waals surface area contributed by atoms with E-state index in [1.165, 1.54) is 0 Å². The fraction of sp³-hybridized carbons (Fsp3) is 1.00. The number of hydrogen-bond acceptors (Lipinski definition) is 3. The Kier molecular flexibility index (Phi) is 3.32. The summed E-state index contributed by atoms with van der Waals surface area (Å²) in [7, 11) is -3.04. The van der Waals surface area contributed by atoms with Crippen molar-refractivity contribution in [3.63, 3.8) is 0 Å². The van der Waals surface area contributed by atoms with Crippen LogP contribution in [0.4, 0.5) is 0 Å². The highest BCUT2D eigenvalue weighted by molar-refractivity contribution is 7.89. The van der Waals surface area contributed by atoms with Crippen molar-refractivity contribution >= 4 is 10.0 Å². The lowest BCUT2D eigenvalue weighted by atomic mass is 10.1. The number of nitrogens with zero attached hydrogens (tertiary/aromatic N) is 1. The maximum absolute atomic E-state index is 11.7. The Morgan fingerprint density at radius 1 is 1.54 bits per heavy atom. The summed E-state index contributed by atoms with van der Waals surface area (Å²) >= 11 is 0. The highest BCUT2D eigenvalue weighted by Gasteiger charge is 2.32. The zero-order chi connectivity index (χ0) is 10.1. The maximum Gasteiger partial charge on any atom is 0.216 e. The first kappa shape index (κ1) is 10.9. The monoisotopic (exact) mass is 206 g/mol. The van der Waals surface area contributed by atoms with Gasteiger partial charge in [0.25, 0.3) is 0 Å². The van der Waals surface area contributed by atoms with Gasteiger partial charge in [-0.3, -0.25) is 0 Å². The normalized spacial score (nSPS) is 25.7. The third-order valence-corrected chi connectivity index (χ3v) is 4.78. The van der Waals surface area contributed by atoms with Crippen LogP contribution in [0.25, 0.3) is 0 Å². The van der Waals surface area contributed by atoms with Crippen molar-refractivity contribution < 1.29 is 8.42 Å². The van der Waals surface area contributed by atoms with E-state index in [0.717, 1.165) is 6.42 Å². The molecule has 1 heterocycles. The standard InChI is InChI=1S/C8H18N2O2S/c1-7(2)13(11,12)10-4-3-8(5-9)6-10/h7-8H,3-6,9H2,1-2H3. The molecule has 1 aliphatic heterocycles. The molecule has 0 bridgehead atoms. The lowest BCUT2D eigenvalue weighted by Gasteiger charge is -2.18. The number of rotatable bonds is 3. The van der Waals surface area contributed by atoms with Crippen LogP contribution in [-0.4, -0.2) is 37.6 Å². The molecule has 1 aliphatic rings. The summed E-state index contributed by atoms with van der Waals surface area (Å²) < 4.78 is 24.9. The lowest BCUT2D eigenvalue weighted by Crippen LogP contribution is -2.35. The fourth-order valence-corrected chi connectivity index (χ4v) is 2.89. The third-order valence-electron chi connectivity index (χ3n) is 2.54. The van der Waals surface area contributed by atoms with Crippen LogP contribution in [0.15, 0.2) is 0 Å². The predicted octanol–water partition coefficient (Wildman–Crippen LogP) is 0.00520. The van der Waals surface area contributed by atoms with Gasteiger partial charge in [0, 0.05) is 13.1 Å². The second-order valence-corrected chi connectivity index (χ2v) is 6.33. The smallest absolute Gasteiger partial charge is 0.216 e. The molecule has 4 nitrogen and oxygen atoms in total. The maximum atomic E-state index is 11.7. The quantitative estimate of drug-likeness (QED) is 0.707. The molecule has 5 heteroatoms. The van der Waals surface area contributed by atoms with Crippen molar-refractivity contribution in [2.24, 2.45) is 11.7 Å². The molecule has 0 aromatic heterocycles. The van der Waals surface area contributed by atoms with E-state index >= 15 is 0 Å². The van der Waals surface area contributed by atoms with Gasteiger partial charge in [-0.15, -0.1) is 0 Å². The highest BCUT2D eigenvalue weighted by atomic mass is 32.2. The van der Waals surface area contributed by atoms with E-state index < -0.39 is 10.0 Å². The van der Waals surface area contributed by atoms with E-state index in [9.17, 15) is 8.42 Å². The largest absolute Gasteiger partial charge is 0.330 e. The van der Waals surface area contributed by atoms with Crippen LogP contribution in [0, 0.1) is 5.92 Å². The van der Waals surface area contributed by atoms with Gasteiger partial charge >= 0.3 is 0 Å². The molecule has 0 amide bonds. The summed E-state index contributed by atoms with van der Waals surface area (Å²) in [5.41, 5.74) is 5.49. The van der Waals surface area contributed by atoms with Crippen molar-refractivity contribution in [1.82, 2.24) is 4.31 Å². The van der Waals surface area contributed by atoms with Crippen LogP contribution < -0.4 is 5.73 Å². The van der Waals surface area contributed by atoms with Gasteiger partial charge < -0.3 is 5.73 Å². The second kappa shape index (κ2) is 3.94. The molecule has 0 aliphatic carbocycles. The van der Waals surface area contributed by atoms with Gasteiger partial charge in [-0.05, 0) is 32.7 Å². The van der Waals surface area contributed by atoms with Gasteiger partial charge in [-0.2, -0.15) is 0 Å². The molecule has 0 aromatic carbocycles. The first-order chi connectivity index (χ1) is 5.98. The van der Waals surface area contributed by atoms with Gasteiger partial charge in [0.15, 0.2) is 0 Å². The van der Waals surface area contributed by atoms with Gasteiger partial charge in [-0.25, -0.2) is 12.7 Å². The average molecular weight is 206 g/mol. The van der Waals surface area contributed by atoms with Gasteiger partial charge in [-0.1, -0.05) is 0 Å². The Morgan fingerprint density at radius 2 is 2.15 bits per heavy atom. The number of hydrogen-bond donors (Lipinski definition) is 1. The molecule has 0 saturated carbocycles. The first-order valence-corrected chi connectivity index (χ1v) is 6.17. The van der Waals surface area contributed by atoms with Gasteiger partial charge in [0.1, 0.15) is 0 Å². The van der Waals surface area contributed by atoms with Crippen molar-refractivity contribution in [3.8, 4) is 0 Å². The summed E-state index contributed by atoms with van der Waals surface area (Å²) in [4.78, 5) is 0. The Hall–Kier alpha value is -0.130. The minimum Gasteiger partial charge on any atom is -0.330 e. The molecule has 2 N–H and O–H groups in total. The van der Waals surface area contributed by atoms with Crippen LogP contribution in [0.5, 0.6) is 0 Å². The summed E-state index contributed by atoms with van der Waals surface area (Å²) in [5, 5.41) is -0.316. The Morgan fingerprint density at radius 3 is 2.54 bits per heavy atom. The number of sulfonamides is 1. The summed E-state index contributed by atoms with van der Waals surface area (Å²) in [6.45, 7) is 5.26. The van der Waals surface area contributed by atoms with Crippen LogP contribution in [0.2, 0.25) is 0 Å². The molecular weight excluding hydrogens is 188 g/mol. The molecule has 1 rings (SSSR count). The van der Waals surface area contributed by atoms with Crippen molar-refractivity contribution in [2.45, 2.75) is 25.5 Å².